The predicted octanol–water partition coefficient (Wildman–Crippen LogP) is 3.68. The standard InChI is InChI=1S/C22H25NO4/c1-17-6-5-13-23(14-17)21(24)16-27-22(25)19-9-11-20(12-10-19)26-15-18-7-3-2-4-8-18/h2-4,7-12,17H,5-6,13-16H2,1H3. The van der Waals surface area contributed by atoms with Gasteiger partial charge in [-0.15, -0.1) is 0 Å². The van der Waals surface area contributed by atoms with Crippen molar-refractivity contribution in [2.45, 2.75) is 26.4 Å². The first-order valence-electron chi connectivity index (χ1n) is 9.33. The summed E-state index contributed by atoms with van der Waals surface area (Å²) < 4.78 is 10.9. The third kappa shape index (κ3) is 5.58. The van der Waals surface area contributed by atoms with Crippen molar-refractivity contribution in [1.82, 2.24) is 4.90 Å². The Morgan fingerprint density at radius 2 is 1.81 bits per heavy atom. The van der Waals surface area contributed by atoms with Gasteiger partial charge in [0.05, 0.1) is 5.56 Å². The van der Waals surface area contributed by atoms with Gasteiger partial charge >= 0.3 is 5.97 Å². The molecule has 1 amide bonds. The van der Waals surface area contributed by atoms with Crippen LogP contribution in [0.25, 0.3) is 0 Å². The summed E-state index contributed by atoms with van der Waals surface area (Å²) in [6.45, 7) is 3.87. The van der Waals surface area contributed by atoms with Crippen LogP contribution in [0.5, 0.6) is 5.75 Å². The molecule has 27 heavy (non-hydrogen) atoms. The Kier molecular flexibility index (Phi) is 6.47. The van der Waals surface area contributed by atoms with E-state index in [1.54, 1.807) is 29.2 Å². The molecule has 0 aliphatic carbocycles. The smallest absolute Gasteiger partial charge is 0.338 e. The van der Waals surface area contributed by atoms with Crippen LogP contribution in [-0.4, -0.2) is 36.5 Å². The largest absolute Gasteiger partial charge is 0.489 e. The van der Waals surface area contributed by atoms with E-state index in [9.17, 15) is 9.59 Å². The lowest BCUT2D eigenvalue weighted by Crippen LogP contribution is -2.41. The molecule has 2 aromatic rings. The molecule has 1 unspecified atom stereocenters. The molecule has 2 aromatic carbocycles. The van der Waals surface area contributed by atoms with Gasteiger partial charge in [0.15, 0.2) is 6.61 Å². The average Bonchev–Trinajstić information content (AvgIpc) is 2.71. The summed E-state index contributed by atoms with van der Waals surface area (Å²) in [5, 5.41) is 0. The number of benzene rings is 2. The zero-order valence-corrected chi connectivity index (χ0v) is 15.6. The van der Waals surface area contributed by atoms with E-state index in [1.165, 1.54) is 0 Å². The molecule has 1 atom stereocenters. The quantitative estimate of drug-likeness (QED) is 0.731. The second kappa shape index (κ2) is 9.21. The zero-order valence-electron chi connectivity index (χ0n) is 15.6. The van der Waals surface area contributed by atoms with Crippen molar-refractivity contribution < 1.29 is 19.1 Å². The average molecular weight is 367 g/mol. The highest BCUT2D eigenvalue weighted by molar-refractivity contribution is 5.91. The number of ether oxygens (including phenoxy) is 2. The topological polar surface area (TPSA) is 55.8 Å². The fourth-order valence-corrected chi connectivity index (χ4v) is 3.15. The van der Waals surface area contributed by atoms with E-state index >= 15 is 0 Å². The van der Waals surface area contributed by atoms with E-state index in [0.29, 0.717) is 23.8 Å². The highest BCUT2D eigenvalue weighted by Crippen LogP contribution is 2.17. The molecule has 1 heterocycles. The second-order valence-corrected chi connectivity index (χ2v) is 6.96. The lowest BCUT2D eigenvalue weighted by molar-refractivity contribution is -0.136. The summed E-state index contributed by atoms with van der Waals surface area (Å²) in [5.74, 6) is 0.552. The molecule has 0 N–H and O–H groups in total. The molecule has 1 aliphatic rings. The van der Waals surface area contributed by atoms with Gasteiger partial charge in [0, 0.05) is 13.1 Å². The van der Waals surface area contributed by atoms with Crippen molar-refractivity contribution in [3.05, 3.63) is 65.7 Å². The monoisotopic (exact) mass is 367 g/mol. The minimum Gasteiger partial charge on any atom is -0.489 e. The summed E-state index contributed by atoms with van der Waals surface area (Å²) >= 11 is 0. The van der Waals surface area contributed by atoms with Gasteiger partial charge in [-0.05, 0) is 48.6 Å². The Balaban J connectivity index is 1.46. The first-order valence-corrected chi connectivity index (χ1v) is 9.33. The number of nitrogens with zero attached hydrogens (tertiary/aromatic N) is 1. The number of rotatable bonds is 6. The van der Waals surface area contributed by atoms with Crippen molar-refractivity contribution in [1.29, 1.82) is 0 Å². The van der Waals surface area contributed by atoms with Crippen molar-refractivity contribution in [2.75, 3.05) is 19.7 Å². The number of carbonyl (C=O) groups excluding carboxylic acids is 2. The molecule has 0 spiro atoms. The van der Waals surface area contributed by atoms with Gasteiger partial charge < -0.3 is 14.4 Å². The van der Waals surface area contributed by atoms with Gasteiger partial charge in [-0.25, -0.2) is 4.79 Å². The van der Waals surface area contributed by atoms with E-state index in [0.717, 1.165) is 31.5 Å². The molecule has 0 aromatic heterocycles. The number of esters is 1. The van der Waals surface area contributed by atoms with Crippen LogP contribution in [0.1, 0.15) is 35.7 Å². The number of piperidine rings is 1. The van der Waals surface area contributed by atoms with Crippen molar-refractivity contribution in [3.63, 3.8) is 0 Å². The van der Waals surface area contributed by atoms with Crippen LogP contribution in [0.2, 0.25) is 0 Å². The van der Waals surface area contributed by atoms with Crippen molar-refractivity contribution in [3.8, 4) is 5.75 Å². The van der Waals surface area contributed by atoms with Gasteiger partial charge in [-0.1, -0.05) is 37.3 Å². The van der Waals surface area contributed by atoms with Crippen LogP contribution < -0.4 is 4.74 Å². The van der Waals surface area contributed by atoms with E-state index < -0.39 is 5.97 Å². The first-order chi connectivity index (χ1) is 13.1. The number of carbonyl (C=O) groups is 2. The van der Waals surface area contributed by atoms with Crippen LogP contribution in [0, 0.1) is 5.92 Å². The summed E-state index contributed by atoms with van der Waals surface area (Å²) in [6.07, 6.45) is 2.15. The highest BCUT2D eigenvalue weighted by atomic mass is 16.5. The molecule has 142 valence electrons. The zero-order chi connectivity index (χ0) is 19.1. The lowest BCUT2D eigenvalue weighted by Gasteiger charge is -2.30. The number of amides is 1. The van der Waals surface area contributed by atoms with Crippen molar-refractivity contribution >= 4 is 11.9 Å². The summed E-state index contributed by atoms with van der Waals surface area (Å²) in [7, 11) is 0. The predicted molar refractivity (Wildman–Crippen MR) is 102 cm³/mol. The summed E-state index contributed by atoms with van der Waals surface area (Å²) in [6, 6.07) is 16.6. The number of hydrogen-bond donors (Lipinski definition) is 0. The summed E-state index contributed by atoms with van der Waals surface area (Å²) in [5.41, 5.74) is 1.48. The van der Waals surface area contributed by atoms with Crippen LogP contribution in [-0.2, 0) is 16.1 Å². The van der Waals surface area contributed by atoms with Gasteiger partial charge in [0.2, 0.25) is 0 Å². The highest BCUT2D eigenvalue weighted by Gasteiger charge is 2.22. The Labute approximate surface area is 159 Å². The Bertz CT molecular complexity index is 758. The maximum atomic E-state index is 12.2. The van der Waals surface area contributed by atoms with E-state index in [1.807, 2.05) is 30.3 Å². The van der Waals surface area contributed by atoms with Crippen molar-refractivity contribution in [2.24, 2.45) is 5.92 Å². The molecule has 0 radical (unpaired) electrons. The minimum atomic E-state index is -0.497. The maximum absolute atomic E-state index is 12.2. The molecule has 5 heteroatoms. The van der Waals surface area contributed by atoms with Gasteiger partial charge in [-0.2, -0.15) is 0 Å². The van der Waals surface area contributed by atoms with E-state index in [2.05, 4.69) is 6.92 Å². The van der Waals surface area contributed by atoms with Crippen LogP contribution in [0.15, 0.2) is 54.6 Å². The normalized spacial score (nSPS) is 16.6. The summed E-state index contributed by atoms with van der Waals surface area (Å²) in [4.78, 5) is 26.1. The molecule has 3 rings (SSSR count). The molecule has 0 bridgehead atoms. The van der Waals surface area contributed by atoms with E-state index in [4.69, 9.17) is 9.47 Å². The fourth-order valence-electron chi connectivity index (χ4n) is 3.15. The Hall–Kier alpha value is -2.82. The molecule has 1 fully saturated rings. The Morgan fingerprint density at radius 3 is 2.52 bits per heavy atom. The number of hydrogen-bond acceptors (Lipinski definition) is 4. The fraction of sp³-hybridized carbons (Fsp3) is 0.364. The van der Waals surface area contributed by atoms with Gasteiger partial charge in [0.25, 0.3) is 5.91 Å². The van der Waals surface area contributed by atoms with Gasteiger partial charge in [0.1, 0.15) is 12.4 Å². The maximum Gasteiger partial charge on any atom is 0.338 e. The van der Waals surface area contributed by atoms with Crippen LogP contribution >= 0.6 is 0 Å². The lowest BCUT2D eigenvalue weighted by atomic mass is 10.0. The molecule has 1 saturated heterocycles. The SMILES string of the molecule is CC1CCCN(C(=O)COC(=O)c2ccc(OCc3ccccc3)cc2)C1. The third-order valence-corrected chi connectivity index (χ3v) is 4.67. The number of likely N-dealkylation sites (tertiary alicyclic amines) is 1. The minimum absolute atomic E-state index is 0.127. The van der Waals surface area contributed by atoms with Gasteiger partial charge in [-0.3, -0.25) is 4.79 Å². The second-order valence-electron chi connectivity index (χ2n) is 6.96. The van der Waals surface area contributed by atoms with Crippen LogP contribution in [0.3, 0.4) is 0 Å². The molecular formula is C22H25NO4. The van der Waals surface area contributed by atoms with Crippen LogP contribution in [0.4, 0.5) is 0 Å². The molecule has 5 nitrogen and oxygen atoms in total. The Morgan fingerprint density at radius 1 is 1.07 bits per heavy atom. The molecular weight excluding hydrogens is 342 g/mol. The van der Waals surface area contributed by atoms with E-state index in [-0.39, 0.29) is 12.5 Å². The molecule has 1 aliphatic heterocycles. The molecule has 0 saturated carbocycles. The first kappa shape index (κ1) is 19.0. The third-order valence-electron chi connectivity index (χ3n) is 4.67.